The Labute approximate surface area is 167 Å². The van der Waals surface area contributed by atoms with E-state index in [4.69, 9.17) is 0 Å². The van der Waals surface area contributed by atoms with Gasteiger partial charge < -0.3 is 0 Å². The van der Waals surface area contributed by atoms with Crippen LogP contribution in [0.2, 0.25) is 0 Å². The second-order valence-corrected chi connectivity index (χ2v) is 8.41. The lowest BCUT2D eigenvalue weighted by molar-refractivity contribution is 0.381. The van der Waals surface area contributed by atoms with Gasteiger partial charge in [-0.3, -0.25) is 0 Å². The molecule has 0 bridgehead atoms. The van der Waals surface area contributed by atoms with Crippen molar-refractivity contribution in [3.05, 3.63) is 66.1 Å². The molecule has 27 heavy (non-hydrogen) atoms. The molecule has 3 rings (SSSR count). The van der Waals surface area contributed by atoms with Crippen LogP contribution in [0.15, 0.2) is 48.5 Å². The Kier molecular flexibility index (Phi) is 8.46. The van der Waals surface area contributed by atoms with Gasteiger partial charge in [-0.05, 0) is 73.1 Å². The Morgan fingerprint density at radius 1 is 0.667 bits per heavy atom. The average molecular weight is 362 g/mol. The lowest BCUT2D eigenvalue weighted by Crippen LogP contribution is -2.07. The Balaban J connectivity index is 1.46. The Morgan fingerprint density at radius 2 is 1.22 bits per heavy atom. The lowest BCUT2D eigenvalue weighted by Gasteiger charge is -2.21. The highest BCUT2D eigenvalue weighted by Crippen LogP contribution is 2.27. The van der Waals surface area contributed by atoms with Crippen LogP contribution >= 0.6 is 0 Å². The molecule has 0 heteroatoms. The van der Waals surface area contributed by atoms with Crippen LogP contribution in [0.1, 0.15) is 82.3 Å². The normalized spacial score (nSPS) is 15.1. The highest BCUT2D eigenvalue weighted by Gasteiger charge is 2.13. The summed E-state index contributed by atoms with van der Waals surface area (Å²) in [7, 11) is 0. The summed E-state index contributed by atoms with van der Waals surface area (Å²) < 4.78 is 0. The molecule has 145 valence electrons. The molecule has 2 aromatic carbocycles. The number of hydrogen-bond acceptors (Lipinski definition) is 0. The van der Waals surface area contributed by atoms with E-state index in [0.29, 0.717) is 0 Å². The molecule has 0 aliphatic heterocycles. The van der Waals surface area contributed by atoms with Gasteiger partial charge in [0.25, 0.3) is 0 Å². The molecule has 1 aliphatic carbocycles. The van der Waals surface area contributed by atoms with Gasteiger partial charge in [0.15, 0.2) is 0 Å². The first-order valence-electron chi connectivity index (χ1n) is 11.3. The quantitative estimate of drug-likeness (QED) is 0.374. The second kappa shape index (κ2) is 11.3. The Hall–Kier alpha value is -1.56. The van der Waals surface area contributed by atoms with Gasteiger partial charge in [0.05, 0.1) is 0 Å². The van der Waals surface area contributed by atoms with Crippen molar-refractivity contribution in [3.8, 4) is 11.1 Å². The summed E-state index contributed by atoms with van der Waals surface area (Å²) in [6.45, 7) is 2.28. The maximum atomic E-state index is 2.46. The minimum absolute atomic E-state index is 0.948. The van der Waals surface area contributed by atoms with E-state index < -0.39 is 0 Å². The highest BCUT2D eigenvalue weighted by atomic mass is 14.2. The van der Waals surface area contributed by atoms with Gasteiger partial charge in [-0.15, -0.1) is 0 Å². The zero-order valence-electron chi connectivity index (χ0n) is 17.3. The highest BCUT2D eigenvalue weighted by molar-refractivity contribution is 5.63. The molecule has 0 aromatic heterocycles. The molecular formula is C27H37. The molecule has 0 atom stereocenters. The number of unbranched alkanes of at least 4 members (excludes halogenated alkanes) is 4. The maximum Gasteiger partial charge on any atom is -0.0184 e. The molecule has 0 spiro atoms. The maximum absolute atomic E-state index is 2.46. The van der Waals surface area contributed by atoms with Crippen molar-refractivity contribution in [1.29, 1.82) is 0 Å². The molecule has 1 aliphatic rings. The smallest absolute Gasteiger partial charge is 0.0184 e. The van der Waals surface area contributed by atoms with E-state index in [9.17, 15) is 0 Å². The summed E-state index contributed by atoms with van der Waals surface area (Å²) in [5.41, 5.74) is 5.67. The molecule has 1 radical (unpaired) electrons. The summed E-state index contributed by atoms with van der Waals surface area (Å²) in [6.07, 6.45) is 18.6. The van der Waals surface area contributed by atoms with Crippen LogP contribution in [0.3, 0.4) is 0 Å². The van der Waals surface area contributed by atoms with Gasteiger partial charge in [-0.2, -0.15) is 0 Å². The van der Waals surface area contributed by atoms with Gasteiger partial charge in [0.2, 0.25) is 0 Å². The Bertz CT molecular complexity index is 629. The van der Waals surface area contributed by atoms with Crippen molar-refractivity contribution in [1.82, 2.24) is 0 Å². The van der Waals surface area contributed by atoms with Gasteiger partial charge in [-0.1, -0.05) is 94.0 Å². The minimum Gasteiger partial charge on any atom is -0.0654 e. The monoisotopic (exact) mass is 361 g/mol. The molecule has 0 nitrogen and oxygen atoms in total. The van der Waals surface area contributed by atoms with Crippen molar-refractivity contribution >= 4 is 0 Å². The molecular weight excluding hydrogens is 324 g/mol. The fraction of sp³-hybridized carbons (Fsp3) is 0.519. The van der Waals surface area contributed by atoms with E-state index in [0.717, 1.165) is 5.92 Å². The largest absolute Gasteiger partial charge is 0.0654 e. The van der Waals surface area contributed by atoms with Gasteiger partial charge in [0, 0.05) is 0 Å². The van der Waals surface area contributed by atoms with E-state index in [2.05, 4.69) is 61.9 Å². The van der Waals surface area contributed by atoms with Crippen LogP contribution in [0.25, 0.3) is 11.1 Å². The second-order valence-electron chi connectivity index (χ2n) is 8.41. The standard InChI is InChI=1S/C27H37/c1-2-3-4-5-7-12-24-15-19-26(20-16-24)27-21-17-25(18-22-27)14-13-23-10-8-6-9-11-23/h6,15-23H,2-5,7-14H2,1H3. The van der Waals surface area contributed by atoms with Gasteiger partial charge in [0.1, 0.15) is 0 Å². The molecule has 0 saturated heterocycles. The first kappa shape index (κ1) is 20.2. The third-order valence-electron chi connectivity index (χ3n) is 6.21. The molecule has 0 amide bonds. The summed E-state index contributed by atoms with van der Waals surface area (Å²) in [6, 6.07) is 18.5. The van der Waals surface area contributed by atoms with Crippen LogP contribution in [-0.2, 0) is 12.8 Å². The predicted octanol–water partition coefficient (Wildman–Crippen LogP) is 8.19. The first-order valence-corrected chi connectivity index (χ1v) is 11.3. The van der Waals surface area contributed by atoms with Crippen molar-refractivity contribution in [3.63, 3.8) is 0 Å². The van der Waals surface area contributed by atoms with Crippen molar-refractivity contribution in [2.75, 3.05) is 0 Å². The number of hydrogen-bond donors (Lipinski definition) is 0. The first-order chi connectivity index (χ1) is 13.3. The van der Waals surface area contributed by atoms with E-state index >= 15 is 0 Å². The molecule has 1 fully saturated rings. The number of benzene rings is 2. The topological polar surface area (TPSA) is 0 Å². The van der Waals surface area contributed by atoms with E-state index in [-0.39, 0.29) is 0 Å². The van der Waals surface area contributed by atoms with Crippen LogP contribution in [-0.4, -0.2) is 0 Å². The van der Waals surface area contributed by atoms with Crippen molar-refractivity contribution in [2.24, 2.45) is 5.92 Å². The number of rotatable bonds is 10. The molecule has 0 N–H and O–H groups in total. The summed E-state index contributed by atoms with van der Waals surface area (Å²) >= 11 is 0. The minimum atomic E-state index is 0.948. The van der Waals surface area contributed by atoms with Crippen molar-refractivity contribution in [2.45, 2.75) is 84.0 Å². The molecule has 1 saturated carbocycles. The zero-order valence-corrected chi connectivity index (χ0v) is 17.3. The van der Waals surface area contributed by atoms with E-state index in [1.807, 2.05) is 0 Å². The summed E-state index contributed by atoms with van der Waals surface area (Å²) in [4.78, 5) is 0. The predicted molar refractivity (Wildman–Crippen MR) is 119 cm³/mol. The van der Waals surface area contributed by atoms with Crippen LogP contribution < -0.4 is 0 Å². The third kappa shape index (κ3) is 6.83. The van der Waals surface area contributed by atoms with Crippen LogP contribution in [0.4, 0.5) is 0 Å². The molecule has 0 heterocycles. The molecule has 0 unspecified atom stereocenters. The third-order valence-corrected chi connectivity index (χ3v) is 6.21. The fourth-order valence-corrected chi connectivity index (χ4v) is 4.32. The summed E-state index contributed by atoms with van der Waals surface area (Å²) in [5.74, 6) is 0.948. The lowest BCUT2D eigenvalue weighted by atomic mass is 9.85. The fourth-order valence-electron chi connectivity index (χ4n) is 4.32. The van der Waals surface area contributed by atoms with Crippen molar-refractivity contribution < 1.29 is 0 Å². The van der Waals surface area contributed by atoms with Crippen LogP contribution in [0.5, 0.6) is 0 Å². The van der Waals surface area contributed by atoms with E-state index in [1.54, 1.807) is 0 Å². The Morgan fingerprint density at radius 3 is 1.81 bits per heavy atom. The van der Waals surface area contributed by atoms with Crippen LogP contribution in [0, 0.1) is 12.3 Å². The average Bonchev–Trinajstić information content (AvgIpc) is 2.74. The molecule has 2 aromatic rings. The van der Waals surface area contributed by atoms with Gasteiger partial charge >= 0.3 is 0 Å². The van der Waals surface area contributed by atoms with Gasteiger partial charge in [-0.25, -0.2) is 0 Å². The SMILES string of the molecule is CCCCCCCc1ccc(-c2ccc(CCC3CC[CH]CC3)cc2)cc1. The number of aryl methyl sites for hydroxylation is 2. The summed E-state index contributed by atoms with van der Waals surface area (Å²) in [5, 5.41) is 0. The van der Waals surface area contributed by atoms with E-state index in [1.165, 1.54) is 99.3 Å². The zero-order chi connectivity index (χ0) is 18.7.